The van der Waals surface area contributed by atoms with E-state index in [9.17, 15) is 14.7 Å². The summed E-state index contributed by atoms with van der Waals surface area (Å²) in [6, 6.07) is 36.6. The molecule has 4 heteroatoms. The SMILES string of the molecule is Cc1ccc(CN(C(=O)Cc2ccccc2)C(Cc2ccccc2)(Cc2ccccc2)C(=O)O)cc1. The van der Waals surface area contributed by atoms with Gasteiger partial charge in [-0.3, -0.25) is 4.79 Å². The summed E-state index contributed by atoms with van der Waals surface area (Å²) < 4.78 is 0. The summed E-state index contributed by atoms with van der Waals surface area (Å²) >= 11 is 0. The molecule has 0 bridgehead atoms. The van der Waals surface area contributed by atoms with Gasteiger partial charge in [0, 0.05) is 19.4 Å². The molecule has 0 atom stereocenters. The third-order valence-corrected chi connectivity index (χ3v) is 6.55. The Kier molecular flexibility index (Phi) is 7.96. The zero-order valence-electron chi connectivity index (χ0n) is 20.5. The van der Waals surface area contributed by atoms with Crippen LogP contribution in [0.4, 0.5) is 0 Å². The Morgan fingerprint density at radius 1 is 0.639 bits per heavy atom. The van der Waals surface area contributed by atoms with Crippen LogP contribution in [0.1, 0.15) is 27.8 Å². The average Bonchev–Trinajstić information content (AvgIpc) is 2.89. The first-order valence-electron chi connectivity index (χ1n) is 12.2. The number of hydrogen-bond donors (Lipinski definition) is 1. The van der Waals surface area contributed by atoms with Gasteiger partial charge >= 0.3 is 5.97 Å². The molecule has 0 aliphatic carbocycles. The zero-order valence-corrected chi connectivity index (χ0v) is 20.5. The molecule has 0 radical (unpaired) electrons. The van der Waals surface area contributed by atoms with Gasteiger partial charge in [0.05, 0.1) is 6.42 Å². The van der Waals surface area contributed by atoms with Crippen molar-refractivity contribution in [2.24, 2.45) is 0 Å². The first-order valence-corrected chi connectivity index (χ1v) is 12.2. The molecular weight excluding hydrogens is 446 g/mol. The molecule has 182 valence electrons. The van der Waals surface area contributed by atoms with Crippen LogP contribution in [0.2, 0.25) is 0 Å². The number of aryl methyl sites for hydroxylation is 1. The van der Waals surface area contributed by atoms with Crippen molar-refractivity contribution in [3.63, 3.8) is 0 Å². The molecule has 0 aliphatic heterocycles. The van der Waals surface area contributed by atoms with Crippen molar-refractivity contribution in [1.82, 2.24) is 4.90 Å². The number of hydrogen-bond acceptors (Lipinski definition) is 2. The summed E-state index contributed by atoms with van der Waals surface area (Å²) in [5.74, 6) is -1.22. The van der Waals surface area contributed by atoms with E-state index < -0.39 is 11.5 Å². The Morgan fingerprint density at radius 3 is 1.53 bits per heavy atom. The van der Waals surface area contributed by atoms with Crippen molar-refractivity contribution in [1.29, 1.82) is 0 Å². The fraction of sp³-hybridized carbons (Fsp3) is 0.188. The van der Waals surface area contributed by atoms with Crippen LogP contribution in [0.3, 0.4) is 0 Å². The molecule has 0 heterocycles. The van der Waals surface area contributed by atoms with E-state index in [2.05, 4.69) is 0 Å². The average molecular weight is 478 g/mol. The molecule has 0 spiro atoms. The highest BCUT2D eigenvalue weighted by Gasteiger charge is 2.46. The molecule has 4 aromatic rings. The van der Waals surface area contributed by atoms with Gasteiger partial charge in [0.2, 0.25) is 5.91 Å². The van der Waals surface area contributed by atoms with Gasteiger partial charge in [-0.2, -0.15) is 0 Å². The third-order valence-electron chi connectivity index (χ3n) is 6.55. The van der Waals surface area contributed by atoms with Crippen LogP contribution in [0, 0.1) is 6.92 Å². The molecule has 0 unspecified atom stereocenters. The maximum Gasteiger partial charge on any atom is 0.330 e. The van der Waals surface area contributed by atoms with Crippen molar-refractivity contribution in [3.05, 3.63) is 143 Å². The number of amides is 1. The summed E-state index contributed by atoms with van der Waals surface area (Å²) in [6.07, 6.45) is 0.528. The number of rotatable bonds is 10. The summed E-state index contributed by atoms with van der Waals surface area (Å²) in [7, 11) is 0. The molecule has 4 rings (SSSR count). The minimum Gasteiger partial charge on any atom is -0.479 e. The van der Waals surface area contributed by atoms with E-state index in [1.165, 1.54) is 0 Å². The van der Waals surface area contributed by atoms with Crippen molar-refractivity contribution in [2.45, 2.75) is 38.3 Å². The minimum absolute atomic E-state index is 0.130. The van der Waals surface area contributed by atoms with Gasteiger partial charge in [0.15, 0.2) is 0 Å². The number of benzene rings is 4. The maximum atomic E-state index is 14.0. The standard InChI is InChI=1S/C32H31NO3/c1-25-17-19-29(20-18-25)24-33(30(34)21-26-11-5-2-6-12-26)32(31(35)36,22-27-13-7-3-8-14-27)23-28-15-9-4-10-16-28/h2-20H,21-24H2,1H3,(H,35,36). The first kappa shape index (κ1) is 24.9. The topological polar surface area (TPSA) is 57.6 Å². The van der Waals surface area contributed by atoms with E-state index in [0.717, 1.165) is 27.8 Å². The lowest BCUT2D eigenvalue weighted by atomic mass is 9.82. The molecule has 0 aliphatic rings. The number of aliphatic carboxylic acids is 1. The van der Waals surface area contributed by atoms with Crippen LogP contribution in [-0.2, 0) is 35.4 Å². The van der Waals surface area contributed by atoms with E-state index in [-0.39, 0.29) is 31.7 Å². The molecule has 1 N–H and O–H groups in total. The lowest BCUT2D eigenvalue weighted by Crippen LogP contribution is -2.60. The van der Waals surface area contributed by atoms with Gasteiger partial charge < -0.3 is 10.0 Å². The Labute approximate surface area is 212 Å². The van der Waals surface area contributed by atoms with E-state index in [4.69, 9.17) is 0 Å². The molecule has 0 fully saturated rings. The molecule has 4 aromatic carbocycles. The quantitative estimate of drug-likeness (QED) is 0.311. The van der Waals surface area contributed by atoms with Crippen molar-refractivity contribution >= 4 is 11.9 Å². The summed E-state index contributed by atoms with van der Waals surface area (Å²) in [6.45, 7) is 2.21. The Hall–Kier alpha value is -4.18. The van der Waals surface area contributed by atoms with Gasteiger partial charge in [0.1, 0.15) is 5.54 Å². The Balaban J connectivity index is 1.82. The van der Waals surface area contributed by atoms with Crippen molar-refractivity contribution in [3.8, 4) is 0 Å². The van der Waals surface area contributed by atoms with Gasteiger partial charge in [-0.15, -0.1) is 0 Å². The van der Waals surface area contributed by atoms with Gasteiger partial charge in [-0.25, -0.2) is 4.79 Å². The van der Waals surface area contributed by atoms with Crippen molar-refractivity contribution < 1.29 is 14.7 Å². The van der Waals surface area contributed by atoms with E-state index in [1.54, 1.807) is 4.90 Å². The fourth-order valence-electron chi connectivity index (χ4n) is 4.61. The number of carbonyl (C=O) groups is 2. The zero-order chi connectivity index (χ0) is 25.4. The predicted molar refractivity (Wildman–Crippen MR) is 143 cm³/mol. The smallest absolute Gasteiger partial charge is 0.330 e. The number of carboxylic acid groups (broad SMARTS) is 1. The largest absolute Gasteiger partial charge is 0.479 e. The van der Waals surface area contributed by atoms with Crippen LogP contribution in [0.25, 0.3) is 0 Å². The minimum atomic E-state index is -1.47. The lowest BCUT2D eigenvalue weighted by Gasteiger charge is -2.41. The van der Waals surface area contributed by atoms with Crippen LogP contribution in [-0.4, -0.2) is 27.4 Å². The molecule has 0 aromatic heterocycles. The molecular formula is C32H31NO3. The molecule has 4 nitrogen and oxygen atoms in total. The van der Waals surface area contributed by atoms with E-state index in [1.807, 2.05) is 122 Å². The van der Waals surface area contributed by atoms with Crippen molar-refractivity contribution in [2.75, 3.05) is 0 Å². The second-order valence-electron chi connectivity index (χ2n) is 9.29. The number of carbonyl (C=O) groups excluding carboxylic acids is 1. The van der Waals surface area contributed by atoms with Gasteiger partial charge in [-0.05, 0) is 29.2 Å². The number of carboxylic acids is 1. The second kappa shape index (κ2) is 11.5. The van der Waals surface area contributed by atoms with Crippen LogP contribution in [0.15, 0.2) is 115 Å². The predicted octanol–water partition coefficient (Wildman–Crippen LogP) is 5.88. The fourth-order valence-corrected chi connectivity index (χ4v) is 4.61. The molecule has 0 saturated carbocycles. The van der Waals surface area contributed by atoms with E-state index >= 15 is 0 Å². The van der Waals surface area contributed by atoms with Crippen LogP contribution < -0.4 is 0 Å². The first-order chi connectivity index (χ1) is 17.5. The summed E-state index contributed by atoms with van der Waals surface area (Å²) in [5, 5.41) is 10.9. The highest BCUT2D eigenvalue weighted by molar-refractivity contribution is 5.89. The normalized spacial score (nSPS) is 11.1. The monoisotopic (exact) mass is 477 g/mol. The third kappa shape index (κ3) is 6.08. The van der Waals surface area contributed by atoms with Gasteiger partial charge in [0.25, 0.3) is 0 Å². The number of nitrogens with zero attached hydrogens (tertiary/aromatic N) is 1. The van der Waals surface area contributed by atoms with Gasteiger partial charge in [-0.1, -0.05) is 121 Å². The maximum absolute atomic E-state index is 14.0. The second-order valence-corrected chi connectivity index (χ2v) is 9.29. The van der Waals surface area contributed by atoms with Crippen LogP contribution >= 0.6 is 0 Å². The lowest BCUT2D eigenvalue weighted by molar-refractivity contribution is -0.160. The molecule has 0 saturated heterocycles. The van der Waals surface area contributed by atoms with Crippen LogP contribution in [0.5, 0.6) is 0 Å². The summed E-state index contributed by atoms with van der Waals surface area (Å²) in [4.78, 5) is 28.8. The molecule has 36 heavy (non-hydrogen) atoms. The summed E-state index contributed by atoms with van der Waals surface area (Å²) in [5.41, 5.74) is 3.14. The van der Waals surface area contributed by atoms with E-state index in [0.29, 0.717) is 0 Å². The highest BCUT2D eigenvalue weighted by atomic mass is 16.4. The molecule has 1 amide bonds. The Bertz CT molecular complexity index is 1230. The highest BCUT2D eigenvalue weighted by Crippen LogP contribution is 2.30. The Morgan fingerprint density at radius 2 is 1.08 bits per heavy atom.